The van der Waals surface area contributed by atoms with Crippen molar-refractivity contribution in [2.24, 2.45) is 5.92 Å². The Morgan fingerprint density at radius 1 is 1.12 bits per heavy atom. The Morgan fingerprint density at radius 3 is 2.31 bits per heavy atom. The molecule has 0 bridgehead atoms. The molecule has 0 atom stereocenters. The van der Waals surface area contributed by atoms with Crippen LogP contribution >= 0.6 is 0 Å². The molecular formula is C16H16F3N3O4. The lowest BCUT2D eigenvalue weighted by Crippen LogP contribution is -2.39. The van der Waals surface area contributed by atoms with Gasteiger partial charge in [-0.1, -0.05) is 19.9 Å². The Labute approximate surface area is 146 Å². The molecule has 0 spiro atoms. The number of benzene rings is 1. The van der Waals surface area contributed by atoms with Crippen molar-refractivity contribution in [1.29, 1.82) is 0 Å². The van der Waals surface area contributed by atoms with Crippen LogP contribution in [0, 0.1) is 5.92 Å². The Morgan fingerprint density at radius 2 is 1.73 bits per heavy atom. The van der Waals surface area contributed by atoms with E-state index in [4.69, 9.17) is 0 Å². The lowest BCUT2D eigenvalue weighted by molar-refractivity contribution is -0.143. The maximum Gasteiger partial charge on any atom is 0.416 e. The third-order valence-electron chi connectivity index (χ3n) is 3.46. The predicted molar refractivity (Wildman–Crippen MR) is 83.7 cm³/mol. The van der Waals surface area contributed by atoms with Crippen LogP contribution in [0.15, 0.2) is 24.3 Å². The third kappa shape index (κ3) is 4.19. The molecule has 1 heterocycles. The molecule has 1 aromatic rings. The number of hydrogen-bond acceptors (Lipinski definition) is 4. The molecule has 7 nitrogen and oxygen atoms in total. The average Bonchev–Trinajstić information content (AvgIpc) is 2.72. The Bertz CT molecular complexity index is 761. The molecule has 1 fully saturated rings. The first kappa shape index (κ1) is 19.4. The quantitative estimate of drug-likeness (QED) is 0.634. The Balaban J connectivity index is 2.07. The summed E-state index contributed by atoms with van der Waals surface area (Å²) in [6.07, 6.45) is -4.58. The van der Waals surface area contributed by atoms with Crippen LogP contribution < -0.4 is 5.32 Å². The predicted octanol–water partition coefficient (Wildman–Crippen LogP) is 2.09. The molecule has 1 saturated heterocycles. The molecule has 0 aromatic heterocycles. The van der Waals surface area contributed by atoms with Crippen LogP contribution in [0.4, 0.5) is 23.7 Å². The lowest BCUT2D eigenvalue weighted by Gasteiger charge is -2.17. The second kappa shape index (κ2) is 7.14. The number of anilines is 1. The van der Waals surface area contributed by atoms with Gasteiger partial charge in [0.2, 0.25) is 5.91 Å². The summed E-state index contributed by atoms with van der Waals surface area (Å²) < 4.78 is 38.0. The first-order valence-electron chi connectivity index (χ1n) is 7.65. The second-order valence-electron chi connectivity index (χ2n) is 6.11. The molecule has 1 aliphatic heterocycles. The fourth-order valence-corrected chi connectivity index (χ4v) is 2.33. The number of carbonyl (C=O) groups is 4. The number of hydrogen-bond donors (Lipinski definition) is 1. The molecule has 0 radical (unpaired) electrons. The van der Waals surface area contributed by atoms with E-state index in [1.807, 2.05) is 0 Å². The Kier molecular flexibility index (Phi) is 5.33. The average molecular weight is 371 g/mol. The van der Waals surface area contributed by atoms with Gasteiger partial charge < -0.3 is 5.32 Å². The van der Waals surface area contributed by atoms with E-state index in [-0.39, 0.29) is 18.2 Å². The third-order valence-corrected chi connectivity index (χ3v) is 3.46. The first-order chi connectivity index (χ1) is 12.0. The monoisotopic (exact) mass is 371 g/mol. The van der Waals surface area contributed by atoms with Crippen molar-refractivity contribution in [3.63, 3.8) is 0 Å². The van der Waals surface area contributed by atoms with Gasteiger partial charge in [0.25, 0.3) is 0 Å². The van der Waals surface area contributed by atoms with E-state index in [0.29, 0.717) is 4.90 Å². The van der Waals surface area contributed by atoms with Crippen molar-refractivity contribution in [2.45, 2.75) is 20.0 Å². The molecule has 1 aliphatic rings. The summed E-state index contributed by atoms with van der Waals surface area (Å²) in [7, 11) is 0. The molecule has 1 aromatic carbocycles. The smallest absolute Gasteiger partial charge is 0.325 e. The Hall–Kier alpha value is -2.91. The summed E-state index contributed by atoms with van der Waals surface area (Å²) in [5, 5.41) is 2.18. The van der Waals surface area contributed by atoms with Crippen LogP contribution in [0.25, 0.3) is 0 Å². The van der Waals surface area contributed by atoms with Gasteiger partial charge in [-0.2, -0.15) is 13.2 Å². The van der Waals surface area contributed by atoms with E-state index in [9.17, 15) is 32.3 Å². The highest BCUT2D eigenvalue weighted by Crippen LogP contribution is 2.30. The van der Waals surface area contributed by atoms with Crippen molar-refractivity contribution in [3.8, 4) is 0 Å². The van der Waals surface area contributed by atoms with Crippen molar-refractivity contribution >= 4 is 29.4 Å². The van der Waals surface area contributed by atoms with E-state index in [1.165, 1.54) is 6.07 Å². The van der Waals surface area contributed by atoms with Crippen LogP contribution in [0.2, 0.25) is 0 Å². The number of nitrogens with zero attached hydrogens (tertiary/aromatic N) is 2. The van der Waals surface area contributed by atoms with Crippen molar-refractivity contribution in [3.05, 3.63) is 29.8 Å². The zero-order valence-electron chi connectivity index (χ0n) is 14.0. The van der Waals surface area contributed by atoms with Crippen LogP contribution in [0.1, 0.15) is 19.4 Å². The molecule has 26 heavy (non-hydrogen) atoms. The summed E-state index contributed by atoms with van der Waals surface area (Å²) in [6, 6.07) is 2.98. The van der Waals surface area contributed by atoms with Crippen LogP contribution in [0.5, 0.6) is 0 Å². The molecule has 0 aliphatic carbocycles. The van der Waals surface area contributed by atoms with Crippen molar-refractivity contribution in [2.75, 3.05) is 18.4 Å². The number of amides is 5. The van der Waals surface area contributed by atoms with Crippen molar-refractivity contribution < 1.29 is 32.3 Å². The second-order valence-corrected chi connectivity index (χ2v) is 6.11. The summed E-state index contributed by atoms with van der Waals surface area (Å²) >= 11 is 0. The molecule has 10 heteroatoms. The molecule has 1 N–H and O–H groups in total. The minimum absolute atomic E-state index is 0.0230. The van der Waals surface area contributed by atoms with Crippen LogP contribution in [-0.2, 0) is 20.6 Å². The SMILES string of the molecule is CC(C)CN1C(=O)C(=O)N(CC(=O)Nc2cccc(C(F)(F)F)c2)C1=O. The summed E-state index contributed by atoms with van der Waals surface area (Å²) in [5.41, 5.74) is -1.10. The lowest BCUT2D eigenvalue weighted by atomic mass is 10.2. The number of carbonyl (C=O) groups excluding carboxylic acids is 4. The highest BCUT2D eigenvalue weighted by Gasteiger charge is 2.45. The van der Waals surface area contributed by atoms with E-state index >= 15 is 0 Å². The number of halogens is 3. The molecule has 2 rings (SSSR count). The van der Waals surface area contributed by atoms with Gasteiger partial charge >= 0.3 is 24.0 Å². The number of rotatable bonds is 5. The standard InChI is InChI=1S/C16H16F3N3O4/c1-9(2)7-21-13(24)14(25)22(15(21)26)8-12(23)20-11-5-3-4-10(6-11)16(17,18)19/h3-6,9H,7-8H2,1-2H3,(H,20,23). The zero-order chi connectivity index (χ0) is 19.6. The number of imide groups is 2. The van der Waals surface area contributed by atoms with Gasteiger partial charge in [-0.25, -0.2) is 9.69 Å². The van der Waals surface area contributed by atoms with Gasteiger partial charge in [0.05, 0.1) is 5.56 Å². The number of nitrogens with one attached hydrogen (secondary N) is 1. The summed E-state index contributed by atoms with van der Waals surface area (Å²) in [5.74, 6) is -3.15. The molecule has 0 unspecified atom stereocenters. The summed E-state index contributed by atoms with van der Waals surface area (Å²) in [4.78, 5) is 49.0. The van der Waals surface area contributed by atoms with Gasteiger partial charge in [0.1, 0.15) is 6.54 Å². The van der Waals surface area contributed by atoms with Gasteiger partial charge in [-0.05, 0) is 24.1 Å². The number of urea groups is 1. The molecule has 140 valence electrons. The van der Waals surface area contributed by atoms with E-state index in [1.54, 1.807) is 13.8 Å². The van der Waals surface area contributed by atoms with Gasteiger partial charge in [0, 0.05) is 12.2 Å². The highest BCUT2D eigenvalue weighted by atomic mass is 19.4. The topological polar surface area (TPSA) is 86.8 Å². The zero-order valence-corrected chi connectivity index (χ0v) is 14.0. The molecule has 0 saturated carbocycles. The maximum atomic E-state index is 12.7. The minimum Gasteiger partial charge on any atom is -0.325 e. The number of alkyl halides is 3. The summed E-state index contributed by atoms with van der Waals surface area (Å²) in [6.45, 7) is 2.74. The van der Waals surface area contributed by atoms with Gasteiger partial charge in [0.15, 0.2) is 0 Å². The maximum absolute atomic E-state index is 12.7. The van der Waals surface area contributed by atoms with Gasteiger partial charge in [-0.15, -0.1) is 0 Å². The fraction of sp³-hybridized carbons (Fsp3) is 0.375. The minimum atomic E-state index is -4.58. The van der Waals surface area contributed by atoms with Crippen LogP contribution in [0.3, 0.4) is 0 Å². The van der Waals surface area contributed by atoms with Gasteiger partial charge in [-0.3, -0.25) is 19.3 Å². The van der Waals surface area contributed by atoms with Crippen molar-refractivity contribution in [1.82, 2.24) is 9.80 Å². The van der Waals surface area contributed by atoms with E-state index in [2.05, 4.69) is 5.32 Å². The highest BCUT2D eigenvalue weighted by molar-refractivity contribution is 6.45. The van der Waals surface area contributed by atoms with E-state index in [0.717, 1.165) is 23.1 Å². The van der Waals surface area contributed by atoms with Crippen LogP contribution in [-0.4, -0.2) is 46.6 Å². The molecule has 5 amide bonds. The molecular weight excluding hydrogens is 355 g/mol. The normalized spacial score (nSPS) is 15.2. The largest absolute Gasteiger partial charge is 0.416 e. The fourth-order valence-electron chi connectivity index (χ4n) is 2.33. The van der Waals surface area contributed by atoms with E-state index < -0.39 is 42.0 Å². The first-order valence-corrected chi connectivity index (χ1v) is 7.65.